The van der Waals surface area contributed by atoms with Crippen LogP contribution in [0.1, 0.15) is 0 Å². The highest BCUT2D eigenvalue weighted by molar-refractivity contribution is 7.58. The zero-order chi connectivity index (χ0) is 16.9. The van der Waals surface area contributed by atoms with E-state index in [9.17, 15) is 35.3 Å². The van der Waals surface area contributed by atoms with Crippen LogP contribution in [0.4, 0.5) is 30.7 Å². The summed E-state index contributed by atoms with van der Waals surface area (Å²) in [6.07, 6.45) is -14.7. The van der Waals surface area contributed by atoms with Gasteiger partial charge in [-0.25, -0.2) is 4.39 Å². The lowest BCUT2D eigenvalue weighted by atomic mass is 10.3. The lowest BCUT2D eigenvalue weighted by Gasteiger charge is -2.15. The number of hydrogen-bond acceptors (Lipinski definition) is 2. The number of halogens is 7. The van der Waals surface area contributed by atoms with Gasteiger partial charge >= 0.3 is 12.4 Å². The number of phenols is 1. The fourth-order valence-electron chi connectivity index (χ4n) is 1.07. The normalized spacial score (nSPS) is 12.6. The number of rotatable bonds is 2. The Kier molecular flexibility index (Phi) is 6.69. The van der Waals surface area contributed by atoms with Crippen molar-refractivity contribution in [1.82, 2.24) is 0 Å². The van der Waals surface area contributed by atoms with Crippen molar-refractivity contribution in [3.8, 4) is 5.75 Å². The quantitative estimate of drug-likeness (QED) is 0.633. The summed E-state index contributed by atoms with van der Waals surface area (Å²) >= 11 is 0. The van der Waals surface area contributed by atoms with E-state index in [1.807, 2.05) is 0 Å². The minimum Gasteiger partial charge on any atom is -0.505 e. The molecule has 0 aromatic heterocycles. The molecule has 0 saturated heterocycles. The Morgan fingerprint density at radius 3 is 1.57 bits per heavy atom. The Hall–Kier alpha value is -1.28. The van der Waals surface area contributed by atoms with Crippen LogP contribution in [0.5, 0.6) is 5.75 Å². The molecule has 3 nitrogen and oxygen atoms in total. The molecule has 1 aromatic carbocycles. The van der Waals surface area contributed by atoms with Gasteiger partial charge in [0.1, 0.15) is 12.3 Å². The van der Waals surface area contributed by atoms with E-state index in [1.165, 1.54) is 18.2 Å². The Labute approximate surface area is 114 Å². The molecule has 0 radical (unpaired) electrons. The minimum absolute atomic E-state index is 0.299. The molecule has 0 amide bonds. The summed E-state index contributed by atoms with van der Waals surface area (Å²) in [5.74, 6) is -0.875. The second kappa shape index (κ2) is 7.13. The standard InChI is InChI=1S/C6H5FO.C4H5F6O2P/c7-5-3-1-2-4-6(5)8;5-3(6,7)1-13(11,12)2-4(8,9)10/h1-4,8H;1-2H2,(H,11,12). The largest absolute Gasteiger partial charge is 0.505 e. The highest BCUT2D eigenvalue weighted by Gasteiger charge is 2.44. The first kappa shape index (κ1) is 19.7. The second-order valence-electron chi connectivity index (χ2n) is 3.84. The highest BCUT2D eigenvalue weighted by Crippen LogP contribution is 2.49. The van der Waals surface area contributed by atoms with Gasteiger partial charge in [-0.05, 0) is 12.1 Å². The molecule has 1 aromatic rings. The third-order valence-corrected chi connectivity index (χ3v) is 3.41. The molecule has 0 spiro atoms. The first-order valence-corrected chi connectivity index (χ1v) is 7.13. The topological polar surface area (TPSA) is 57.5 Å². The summed E-state index contributed by atoms with van der Waals surface area (Å²) in [5.41, 5.74) is 0. The summed E-state index contributed by atoms with van der Waals surface area (Å²) in [6.45, 7) is 0. The van der Waals surface area contributed by atoms with Crippen molar-refractivity contribution in [2.75, 3.05) is 12.3 Å². The van der Waals surface area contributed by atoms with E-state index >= 15 is 0 Å². The van der Waals surface area contributed by atoms with Gasteiger partial charge in [0.25, 0.3) is 0 Å². The van der Waals surface area contributed by atoms with Gasteiger partial charge in [0.05, 0.1) is 0 Å². The van der Waals surface area contributed by atoms with Gasteiger partial charge in [0, 0.05) is 0 Å². The van der Waals surface area contributed by atoms with Gasteiger partial charge in [0.15, 0.2) is 11.6 Å². The van der Waals surface area contributed by atoms with E-state index in [-0.39, 0.29) is 5.75 Å². The molecule has 0 aliphatic heterocycles. The molecule has 1 rings (SSSR count). The predicted molar refractivity (Wildman–Crippen MR) is 59.7 cm³/mol. The number of aromatic hydroxyl groups is 1. The maximum Gasteiger partial charge on any atom is 0.397 e. The molecule has 122 valence electrons. The molecule has 0 bridgehead atoms. The summed E-state index contributed by atoms with van der Waals surface area (Å²) in [6, 6.07) is 5.60. The average molecular weight is 342 g/mol. The maximum absolute atomic E-state index is 12.1. The maximum atomic E-state index is 12.1. The van der Waals surface area contributed by atoms with E-state index < -0.39 is 37.9 Å². The van der Waals surface area contributed by atoms with Crippen LogP contribution < -0.4 is 0 Å². The SMILES string of the molecule is O=P(O)(CC(F)(F)F)CC(F)(F)F.Oc1ccccc1F. The number of alkyl halides is 6. The van der Waals surface area contributed by atoms with Gasteiger partial charge in [-0.1, -0.05) is 12.1 Å². The molecule has 0 unspecified atom stereocenters. The lowest BCUT2D eigenvalue weighted by molar-refractivity contribution is -0.114. The first-order chi connectivity index (χ1) is 9.22. The van der Waals surface area contributed by atoms with Crippen LogP contribution in [-0.2, 0) is 4.57 Å². The van der Waals surface area contributed by atoms with E-state index in [0.717, 1.165) is 0 Å². The lowest BCUT2D eigenvalue weighted by Crippen LogP contribution is -2.21. The van der Waals surface area contributed by atoms with Crippen molar-refractivity contribution in [3.63, 3.8) is 0 Å². The molecule has 11 heteroatoms. The first-order valence-electron chi connectivity index (χ1n) is 5.10. The molecule has 21 heavy (non-hydrogen) atoms. The number of hydrogen-bond donors (Lipinski definition) is 2. The molecule has 0 fully saturated rings. The summed E-state index contributed by atoms with van der Waals surface area (Å²) < 4.78 is 91.0. The van der Waals surface area contributed by atoms with Crippen LogP contribution in [0.25, 0.3) is 0 Å². The molecule has 0 aliphatic carbocycles. The van der Waals surface area contributed by atoms with Gasteiger partial charge in [-0.3, -0.25) is 4.57 Å². The molecular weight excluding hydrogens is 332 g/mol. The molecule has 0 saturated carbocycles. The smallest absolute Gasteiger partial charge is 0.397 e. The summed E-state index contributed by atoms with van der Waals surface area (Å²) in [4.78, 5) is 8.30. The number of benzene rings is 1. The molecular formula is C10H10F7O3P. The monoisotopic (exact) mass is 342 g/mol. The zero-order valence-corrected chi connectivity index (χ0v) is 11.0. The van der Waals surface area contributed by atoms with E-state index in [2.05, 4.69) is 0 Å². The summed E-state index contributed by atoms with van der Waals surface area (Å²) in [5, 5.41) is 8.54. The van der Waals surface area contributed by atoms with Crippen molar-refractivity contribution in [1.29, 1.82) is 0 Å². The van der Waals surface area contributed by atoms with Gasteiger partial charge in [-0.2, -0.15) is 26.3 Å². The predicted octanol–water partition coefficient (Wildman–Crippen LogP) is 3.91. The highest BCUT2D eigenvalue weighted by atomic mass is 31.2. The Bertz CT molecular complexity index is 457. The van der Waals surface area contributed by atoms with Crippen molar-refractivity contribution in [2.24, 2.45) is 0 Å². The van der Waals surface area contributed by atoms with Crippen LogP contribution in [0.15, 0.2) is 24.3 Å². The molecule has 0 heterocycles. The molecule has 2 N–H and O–H groups in total. The van der Waals surface area contributed by atoms with E-state index in [1.54, 1.807) is 6.07 Å². The Morgan fingerprint density at radius 1 is 0.952 bits per heavy atom. The van der Waals surface area contributed by atoms with Crippen LogP contribution in [0.2, 0.25) is 0 Å². The van der Waals surface area contributed by atoms with Gasteiger partial charge < -0.3 is 10.00 Å². The van der Waals surface area contributed by atoms with E-state index in [0.29, 0.717) is 0 Å². The summed E-state index contributed by atoms with van der Waals surface area (Å²) in [7, 11) is -5.19. The van der Waals surface area contributed by atoms with Crippen LogP contribution in [0, 0.1) is 5.82 Å². The Morgan fingerprint density at radius 2 is 1.33 bits per heavy atom. The van der Waals surface area contributed by atoms with Crippen LogP contribution in [-0.4, -0.2) is 34.7 Å². The minimum atomic E-state index is -5.19. The zero-order valence-electron chi connectivity index (χ0n) is 10.1. The van der Waals surface area contributed by atoms with Crippen LogP contribution >= 0.6 is 7.37 Å². The molecule has 0 atom stereocenters. The van der Waals surface area contributed by atoms with Crippen molar-refractivity contribution >= 4 is 7.37 Å². The second-order valence-corrected chi connectivity index (χ2v) is 6.17. The molecule has 0 aliphatic rings. The van der Waals surface area contributed by atoms with Crippen molar-refractivity contribution < 1.29 is 45.3 Å². The third-order valence-electron chi connectivity index (χ3n) is 1.71. The van der Waals surface area contributed by atoms with Crippen LogP contribution in [0.3, 0.4) is 0 Å². The van der Waals surface area contributed by atoms with E-state index in [4.69, 9.17) is 10.00 Å². The number of para-hydroxylation sites is 1. The third kappa shape index (κ3) is 11.1. The average Bonchev–Trinajstić information content (AvgIpc) is 2.15. The van der Waals surface area contributed by atoms with Gasteiger partial charge in [0.2, 0.25) is 7.37 Å². The van der Waals surface area contributed by atoms with Crippen molar-refractivity contribution in [2.45, 2.75) is 12.4 Å². The number of phenolic OH excluding ortho intramolecular Hbond substituents is 1. The van der Waals surface area contributed by atoms with Gasteiger partial charge in [-0.15, -0.1) is 0 Å². The fourth-order valence-corrected chi connectivity index (χ4v) is 2.30. The Balaban J connectivity index is 0.000000423. The fraction of sp³-hybridized carbons (Fsp3) is 0.400. The van der Waals surface area contributed by atoms with Crippen molar-refractivity contribution in [3.05, 3.63) is 30.1 Å².